The molecule has 1 aromatic carbocycles. The maximum atomic E-state index is 11.2. The van der Waals surface area contributed by atoms with Crippen molar-refractivity contribution in [3.8, 4) is 0 Å². The van der Waals surface area contributed by atoms with E-state index in [9.17, 15) is 4.79 Å². The van der Waals surface area contributed by atoms with Crippen LogP contribution in [0.3, 0.4) is 0 Å². The van der Waals surface area contributed by atoms with E-state index in [1.54, 1.807) is 12.1 Å². The van der Waals surface area contributed by atoms with Crippen LogP contribution < -0.4 is 0 Å². The molecule has 0 fully saturated rings. The van der Waals surface area contributed by atoms with Gasteiger partial charge in [-0.1, -0.05) is 25.1 Å². The van der Waals surface area contributed by atoms with Gasteiger partial charge in [0.15, 0.2) is 0 Å². The van der Waals surface area contributed by atoms with Crippen molar-refractivity contribution in [1.29, 1.82) is 0 Å². The van der Waals surface area contributed by atoms with Crippen molar-refractivity contribution in [3.05, 3.63) is 35.9 Å². The largest absolute Gasteiger partial charge is 0.483 e. The monoisotopic (exact) mass is 210 g/mol. The first-order chi connectivity index (χ1) is 7.26. The summed E-state index contributed by atoms with van der Waals surface area (Å²) in [6.07, 6.45) is 0.860. The zero-order valence-electron chi connectivity index (χ0n) is 8.55. The lowest BCUT2D eigenvalue weighted by atomic mass is 10.2. The van der Waals surface area contributed by atoms with Crippen LogP contribution in [0.5, 0.6) is 0 Å². The molecule has 0 aliphatic heterocycles. The van der Waals surface area contributed by atoms with Crippen molar-refractivity contribution in [1.82, 2.24) is 0 Å². The molecule has 0 saturated carbocycles. The van der Waals surface area contributed by atoms with Crippen molar-refractivity contribution in [3.63, 3.8) is 0 Å². The van der Waals surface area contributed by atoms with Crippen LogP contribution in [0.4, 0.5) is 0 Å². The molecule has 0 heterocycles. The minimum atomic E-state index is -0.250. The fourth-order valence-corrected chi connectivity index (χ4v) is 0.852. The number of ether oxygens (including phenoxy) is 1. The summed E-state index contributed by atoms with van der Waals surface area (Å²) in [6, 6.07) is 9.01. The first-order valence-electron chi connectivity index (χ1n) is 4.56. The molecular formula is C11H14O4. The third-order valence-corrected chi connectivity index (χ3v) is 1.45. The highest BCUT2D eigenvalue weighted by Gasteiger charge is 2.03. The number of hydrogen-bond acceptors (Lipinski definition) is 3. The Morgan fingerprint density at radius 2 is 1.93 bits per heavy atom. The fourth-order valence-electron chi connectivity index (χ4n) is 0.852. The fraction of sp³-hybridized carbons (Fsp3) is 0.273. The molecule has 1 rings (SSSR count). The molecule has 0 radical (unpaired) electrons. The van der Waals surface area contributed by atoms with Gasteiger partial charge in [0.05, 0.1) is 12.2 Å². The first-order valence-corrected chi connectivity index (χ1v) is 4.56. The maximum Gasteiger partial charge on any atom is 0.338 e. The number of carbonyl (C=O) groups excluding carboxylic acids is 1. The van der Waals surface area contributed by atoms with Gasteiger partial charge in [-0.3, -0.25) is 4.79 Å². The van der Waals surface area contributed by atoms with Crippen LogP contribution in [-0.4, -0.2) is 24.2 Å². The molecule has 1 N–H and O–H groups in total. The molecule has 82 valence electrons. The Kier molecular flexibility index (Phi) is 7.67. The van der Waals surface area contributed by atoms with Crippen LogP contribution in [0.25, 0.3) is 0 Å². The third-order valence-electron chi connectivity index (χ3n) is 1.45. The predicted octanol–water partition coefficient (Wildman–Crippen LogP) is 1.95. The molecule has 0 unspecified atom stereocenters. The van der Waals surface area contributed by atoms with E-state index in [-0.39, 0.29) is 12.4 Å². The van der Waals surface area contributed by atoms with Gasteiger partial charge in [0.25, 0.3) is 6.47 Å². The standard InChI is InChI=1S/C10H12O2.CH2O2/c1-2-8-12-10(11)9-6-4-3-5-7-9;2-1-3/h3-7H,2,8H2,1H3;1H,(H,2,3). The highest BCUT2D eigenvalue weighted by atomic mass is 16.5. The van der Waals surface area contributed by atoms with Gasteiger partial charge in [-0.25, -0.2) is 4.79 Å². The van der Waals surface area contributed by atoms with E-state index in [1.165, 1.54) is 0 Å². The number of carbonyl (C=O) groups is 2. The molecule has 15 heavy (non-hydrogen) atoms. The smallest absolute Gasteiger partial charge is 0.338 e. The topological polar surface area (TPSA) is 63.6 Å². The van der Waals surface area contributed by atoms with Crippen molar-refractivity contribution >= 4 is 12.4 Å². The lowest BCUT2D eigenvalue weighted by molar-refractivity contribution is -0.122. The Balaban J connectivity index is 0.000000583. The van der Waals surface area contributed by atoms with E-state index >= 15 is 0 Å². The second-order valence-corrected chi connectivity index (χ2v) is 2.61. The van der Waals surface area contributed by atoms with Crippen LogP contribution in [-0.2, 0) is 9.53 Å². The van der Waals surface area contributed by atoms with Gasteiger partial charge in [0.1, 0.15) is 0 Å². The zero-order chi connectivity index (χ0) is 11.5. The maximum absolute atomic E-state index is 11.2. The van der Waals surface area contributed by atoms with E-state index in [1.807, 2.05) is 25.1 Å². The highest BCUT2D eigenvalue weighted by molar-refractivity contribution is 5.89. The summed E-state index contributed by atoms with van der Waals surface area (Å²) in [5, 5.41) is 6.89. The highest BCUT2D eigenvalue weighted by Crippen LogP contribution is 2.00. The summed E-state index contributed by atoms with van der Waals surface area (Å²) in [5.41, 5.74) is 0.617. The number of esters is 1. The molecule has 0 bridgehead atoms. The van der Waals surface area contributed by atoms with E-state index in [0.717, 1.165) is 6.42 Å². The van der Waals surface area contributed by atoms with Gasteiger partial charge in [-0.05, 0) is 18.6 Å². The molecule has 0 aliphatic rings. The normalized spacial score (nSPS) is 8.33. The van der Waals surface area contributed by atoms with Crippen LogP contribution in [0.15, 0.2) is 30.3 Å². The molecule has 4 heteroatoms. The predicted molar refractivity (Wildman–Crippen MR) is 55.7 cm³/mol. The van der Waals surface area contributed by atoms with E-state index in [0.29, 0.717) is 12.2 Å². The van der Waals surface area contributed by atoms with Gasteiger partial charge in [0, 0.05) is 0 Å². The van der Waals surface area contributed by atoms with Crippen LogP contribution >= 0.6 is 0 Å². The molecule has 1 aromatic rings. The summed E-state index contributed by atoms with van der Waals surface area (Å²) in [7, 11) is 0. The summed E-state index contributed by atoms with van der Waals surface area (Å²) in [4.78, 5) is 19.5. The lowest BCUT2D eigenvalue weighted by Gasteiger charge is -2.01. The minimum Gasteiger partial charge on any atom is -0.483 e. The van der Waals surface area contributed by atoms with Crippen molar-refractivity contribution in [2.75, 3.05) is 6.61 Å². The minimum absolute atomic E-state index is 0.238. The average Bonchev–Trinajstić information content (AvgIpc) is 2.28. The van der Waals surface area contributed by atoms with Gasteiger partial charge in [-0.15, -0.1) is 0 Å². The number of benzene rings is 1. The Bertz CT molecular complexity index is 282. The van der Waals surface area contributed by atoms with E-state index < -0.39 is 0 Å². The SMILES string of the molecule is CCCOC(=O)c1ccccc1.O=CO. The lowest BCUT2D eigenvalue weighted by Crippen LogP contribution is -2.05. The molecule has 0 aromatic heterocycles. The molecule has 0 spiro atoms. The Morgan fingerprint density at radius 1 is 1.40 bits per heavy atom. The van der Waals surface area contributed by atoms with Gasteiger partial charge in [0.2, 0.25) is 0 Å². The molecule has 0 atom stereocenters. The average molecular weight is 210 g/mol. The zero-order valence-corrected chi connectivity index (χ0v) is 8.55. The van der Waals surface area contributed by atoms with Crippen LogP contribution in [0.2, 0.25) is 0 Å². The Labute approximate surface area is 88.5 Å². The molecule has 0 aliphatic carbocycles. The molecular weight excluding hydrogens is 196 g/mol. The Hall–Kier alpha value is -1.84. The van der Waals surface area contributed by atoms with Crippen LogP contribution in [0, 0.1) is 0 Å². The van der Waals surface area contributed by atoms with Crippen molar-refractivity contribution in [2.45, 2.75) is 13.3 Å². The third kappa shape index (κ3) is 6.26. The summed E-state index contributed by atoms with van der Waals surface area (Å²) < 4.78 is 4.94. The van der Waals surface area contributed by atoms with Crippen molar-refractivity contribution < 1.29 is 19.4 Å². The molecule has 4 nitrogen and oxygen atoms in total. The van der Waals surface area contributed by atoms with Gasteiger partial charge in [-0.2, -0.15) is 0 Å². The van der Waals surface area contributed by atoms with Crippen molar-refractivity contribution in [2.24, 2.45) is 0 Å². The molecule has 0 amide bonds. The van der Waals surface area contributed by atoms with E-state index in [2.05, 4.69) is 0 Å². The summed E-state index contributed by atoms with van der Waals surface area (Å²) in [6.45, 7) is 2.21. The quantitative estimate of drug-likeness (QED) is 0.611. The van der Waals surface area contributed by atoms with E-state index in [4.69, 9.17) is 14.6 Å². The van der Waals surface area contributed by atoms with Gasteiger partial charge >= 0.3 is 5.97 Å². The number of rotatable bonds is 3. The van der Waals surface area contributed by atoms with Gasteiger partial charge < -0.3 is 9.84 Å². The number of hydrogen-bond donors (Lipinski definition) is 1. The first kappa shape index (κ1) is 13.2. The Morgan fingerprint density at radius 3 is 2.40 bits per heavy atom. The van der Waals surface area contributed by atoms with Crippen LogP contribution in [0.1, 0.15) is 23.7 Å². The second kappa shape index (κ2) is 8.74. The molecule has 0 saturated heterocycles. The summed E-state index contributed by atoms with van der Waals surface area (Å²) >= 11 is 0. The second-order valence-electron chi connectivity index (χ2n) is 2.61. The summed E-state index contributed by atoms with van der Waals surface area (Å²) in [5.74, 6) is -0.238. The number of carboxylic acid groups (broad SMARTS) is 1.